The molecule has 0 radical (unpaired) electrons. The number of amides is 1. The van der Waals surface area contributed by atoms with Crippen molar-refractivity contribution in [1.29, 1.82) is 0 Å². The SMILES string of the molecule is C=C(CCC)N(Cc1ccc(C2=CCCC=C2C(C)N(C)C=O)cc1F)C(=C)/C(=C(\C)CC)c1ccc(OC(C)(C)CO)cc1.COC. The number of aliphatic hydroxyl groups excluding tert-OH is 1. The Morgan fingerprint density at radius 1 is 1.08 bits per heavy atom. The van der Waals surface area contributed by atoms with Gasteiger partial charge >= 0.3 is 0 Å². The molecule has 1 aliphatic carbocycles. The molecule has 7 heteroatoms. The number of aliphatic hydroxyl groups is 1. The van der Waals surface area contributed by atoms with Crippen molar-refractivity contribution >= 4 is 17.6 Å². The molecule has 262 valence electrons. The normalized spacial score (nSPS) is 14.0. The van der Waals surface area contributed by atoms with Gasteiger partial charge in [0.1, 0.15) is 17.2 Å². The van der Waals surface area contributed by atoms with Gasteiger partial charge in [0.2, 0.25) is 6.41 Å². The van der Waals surface area contributed by atoms with Gasteiger partial charge in [-0.2, -0.15) is 0 Å². The van der Waals surface area contributed by atoms with E-state index in [-0.39, 0.29) is 18.5 Å². The van der Waals surface area contributed by atoms with Crippen LogP contribution in [-0.2, 0) is 16.1 Å². The fraction of sp³-hybridized carbons (Fsp3) is 0.439. The zero-order valence-electron chi connectivity index (χ0n) is 30.7. The summed E-state index contributed by atoms with van der Waals surface area (Å²) in [6, 6.07) is 13.2. The summed E-state index contributed by atoms with van der Waals surface area (Å²) in [5.74, 6) is 0.382. The molecule has 0 saturated heterocycles. The first kappa shape index (κ1) is 40.2. The van der Waals surface area contributed by atoms with Crippen LogP contribution in [-0.4, -0.2) is 60.8 Å². The van der Waals surface area contributed by atoms with E-state index >= 15 is 4.39 Å². The predicted molar refractivity (Wildman–Crippen MR) is 198 cm³/mol. The van der Waals surface area contributed by atoms with Crippen molar-refractivity contribution in [2.24, 2.45) is 0 Å². The van der Waals surface area contributed by atoms with Gasteiger partial charge in [0.05, 0.1) is 19.2 Å². The zero-order valence-corrected chi connectivity index (χ0v) is 30.7. The fourth-order valence-corrected chi connectivity index (χ4v) is 5.53. The Kier molecular flexibility index (Phi) is 16.1. The van der Waals surface area contributed by atoms with Crippen LogP contribution in [0.2, 0.25) is 0 Å². The Morgan fingerprint density at radius 2 is 1.71 bits per heavy atom. The van der Waals surface area contributed by atoms with Gasteiger partial charge in [-0.25, -0.2) is 4.39 Å². The third-order valence-electron chi connectivity index (χ3n) is 8.52. The largest absolute Gasteiger partial charge is 0.485 e. The average molecular weight is 661 g/mol. The van der Waals surface area contributed by atoms with Crippen molar-refractivity contribution in [3.63, 3.8) is 0 Å². The molecule has 1 unspecified atom stereocenters. The van der Waals surface area contributed by atoms with Crippen LogP contribution in [0.1, 0.15) is 90.3 Å². The number of methoxy groups -OCH3 is 1. The van der Waals surface area contributed by atoms with E-state index in [1.807, 2.05) is 62.1 Å². The molecule has 0 fully saturated rings. The van der Waals surface area contributed by atoms with Crippen molar-refractivity contribution in [3.8, 4) is 5.75 Å². The first-order valence-corrected chi connectivity index (χ1v) is 16.8. The monoisotopic (exact) mass is 660 g/mol. The van der Waals surface area contributed by atoms with Gasteiger partial charge in [-0.1, -0.05) is 75.4 Å². The summed E-state index contributed by atoms with van der Waals surface area (Å²) < 4.78 is 26.1. The Hall–Kier alpha value is -3.94. The lowest BCUT2D eigenvalue weighted by molar-refractivity contribution is -0.117. The molecule has 1 aliphatic rings. The zero-order chi connectivity index (χ0) is 36.0. The molecule has 1 N–H and O–H groups in total. The molecule has 6 nitrogen and oxygen atoms in total. The Bertz CT molecular complexity index is 1490. The van der Waals surface area contributed by atoms with E-state index in [9.17, 15) is 9.90 Å². The van der Waals surface area contributed by atoms with Crippen molar-refractivity contribution < 1.29 is 23.8 Å². The number of carbonyl (C=O) groups is 1. The van der Waals surface area contributed by atoms with E-state index in [0.29, 0.717) is 17.9 Å². The molecule has 3 rings (SSSR count). The number of ether oxygens (including phenoxy) is 2. The lowest BCUT2D eigenvalue weighted by atomic mass is 9.87. The smallest absolute Gasteiger partial charge is 0.209 e. The van der Waals surface area contributed by atoms with Crippen molar-refractivity contribution in [1.82, 2.24) is 9.80 Å². The number of rotatable bonds is 16. The molecule has 48 heavy (non-hydrogen) atoms. The Morgan fingerprint density at radius 3 is 2.25 bits per heavy atom. The molecule has 0 bridgehead atoms. The number of allylic oxidation sites excluding steroid dienone is 5. The summed E-state index contributed by atoms with van der Waals surface area (Å²) in [5, 5.41) is 9.61. The minimum absolute atomic E-state index is 0.0935. The Balaban J connectivity index is 0.00000257. The first-order valence-electron chi connectivity index (χ1n) is 16.8. The van der Waals surface area contributed by atoms with Gasteiger partial charge in [0.25, 0.3) is 0 Å². The maximum Gasteiger partial charge on any atom is 0.209 e. The lowest BCUT2D eigenvalue weighted by Crippen LogP contribution is -2.32. The van der Waals surface area contributed by atoms with Crippen LogP contribution in [0.4, 0.5) is 4.39 Å². The second-order valence-corrected chi connectivity index (χ2v) is 12.9. The summed E-state index contributed by atoms with van der Waals surface area (Å²) in [5.41, 5.74) is 7.47. The predicted octanol–water partition coefficient (Wildman–Crippen LogP) is 9.33. The minimum Gasteiger partial charge on any atom is -0.485 e. The number of nitrogens with zero attached hydrogens (tertiary/aromatic N) is 2. The molecule has 0 spiro atoms. The topological polar surface area (TPSA) is 62.2 Å². The number of hydrogen-bond donors (Lipinski definition) is 1. The van der Waals surface area contributed by atoms with E-state index in [1.54, 1.807) is 32.2 Å². The second kappa shape index (κ2) is 19.2. The van der Waals surface area contributed by atoms with Crippen LogP contribution in [0.5, 0.6) is 5.75 Å². The van der Waals surface area contributed by atoms with Crippen molar-refractivity contribution in [2.45, 2.75) is 91.8 Å². The summed E-state index contributed by atoms with van der Waals surface area (Å²) >= 11 is 0. The van der Waals surface area contributed by atoms with Gasteiger partial charge in [-0.15, -0.1) is 0 Å². The van der Waals surface area contributed by atoms with Gasteiger partial charge in [-0.05, 0) is 93.9 Å². The molecule has 0 heterocycles. The van der Waals surface area contributed by atoms with Crippen molar-refractivity contribution in [3.05, 3.63) is 113 Å². The number of hydrogen-bond acceptors (Lipinski definition) is 5. The van der Waals surface area contributed by atoms with E-state index in [1.165, 1.54) is 0 Å². The summed E-state index contributed by atoms with van der Waals surface area (Å²) in [6.45, 7) is 21.1. The summed E-state index contributed by atoms with van der Waals surface area (Å²) in [6.07, 6.45) is 9.38. The van der Waals surface area contributed by atoms with Crippen molar-refractivity contribution in [2.75, 3.05) is 27.9 Å². The molecule has 0 aliphatic heterocycles. The third-order valence-corrected chi connectivity index (χ3v) is 8.52. The standard InChI is InChI=1S/C39H51FN2O3.C2H6O/c1-10-14-28(4)42(30(6)38(27(3)11-2)31-19-21-34(22-20-31)45-39(7,8)25-43)24-33-18-17-32(23-37(33)40)36-16-13-12-15-35(36)29(5)41(9)26-44;1-3-2/h15-23,26,29,43H,4,6,10-14,24-25H2,1-3,5,7-9H3;1-2H3/b38-27-;. The van der Waals surface area contributed by atoms with Crippen LogP contribution in [0, 0.1) is 5.82 Å². The summed E-state index contributed by atoms with van der Waals surface area (Å²) in [4.78, 5) is 15.1. The van der Waals surface area contributed by atoms with E-state index < -0.39 is 5.60 Å². The third kappa shape index (κ3) is 10.8. The van der Waals surface area contributed by atoms with E-state index in [4.69, 9.17) is 4.74 Å². The highest BCUT2D eigenvalue weighted by Crippen LogP contribution is 2.36. The van der Waals surface area contributed by atoms with Gasteiger partial charge in [0, 0.05) is 43.8 Å². The van der Waals surface area contributed by atoms with Crippen LogP contribution >= 0.6 is 0 Å². The molecule has 2 aromatic rings. The van der Waals surface area contributed by atoms with Gasteiger partial charge in [-0.3, -0.25) is 4.79 Å². The maximum absolute atomic E-state index is 15.9. The van der Waals surface area contributed by atoms with Gasteiger partial charge < -0.3 is 24.4 Å². The molecule has 0 aromatic heterocycles. The molecule has 1 amide bonds. The number of halogens is 1. The van der Waals surface area contributed by atoms with Crippen LogP contribution in [0.25, 0.3) is 11.1 Å². The number of benzene rings is 2. The molecular formula is C41H57FN2O4. The highest BCUT2D eigenvalue weighted by Gasteiger charge is 2.24. The minimum atomic E-state index is -0.688. The Labute approximate surface area is 288 Å². The lowest BCUT2D eigenvalue weighted by Gasteiger charge is -2.32. The summed E-state index contributed by atoms with van der Waals surface area (Å²) in [7, 11) is 5.02. The maximum atomic E-state index is 15.9. The first-order chi connectivity index (χ1) is 22.8. The van der Waals surface area contributed by atoms with Crippen LogP contribution in [0.15, 0.2) is 90.3 Å². The second-order valence-electron chi connectivity index (χ2n) is 12.9. The number of likely N-dealkylation sites (N-methyl/N-ethyl adjacent to an activating group) is 1. The average Bonchev–Trinajstić information content (AvgIpc) is 3.08. The highest BCUT2D eigenvalue weighted by molar-refractivity contribution is 5.82. The number of carbonyl (C=O) groups excluding carboxylic acids is 1. The molecular weight excluding hydrogens is 603 g/mol. The van der Waals surface area contributed by atoms with E-state index in [2.05, 4.69) is 50.8 Å². The highest BCUT2D eigenvalue weighted by atomic mass is 19.1. The van der Waals surface area contributed by atoms with Crippen LogP contribution in [0.3, 0.4) is 0 Å². The van der Waals surface area contributed by atoms with Crippen LogP contribution < -0.4 is 4.74 Å². The molecule has 2 aromatic carbocycles. The van der Waals surface area contributed by atoms with Gasteiger partial charge in [0.15, 0.2) is 0 Å². The van der Waals surface area contributed by atoms with E-state index in [0.717, 1.165) is 83.3 Å². The quantitative estimate of drug-likeness (QED) is 0.144. The fourth-order valence-electron chi connectivity index (χ4n) is 5.53. The molecule has 0 saturated carbocycles. The molecule has 1 atom stereocenters.